The van der Waals surface area contributed by atoms with Crippen LogP contribution in [-0.4, -0.2) is 20.4 Å². The number of aromatic nitrogens is 3. The minimum atomic E-state index is 0.0517. The summed E-state index contributed by atoms with van der Waals surface area (Å²) < 4.78 is 8.86. The van der Waals surface area contributed by atoms with Gasteiger partial charge in [0.05, 0.1) is 39.4 Å². The van der Waals surface area contributed by atoms with E-state index >= 15 is 0 Å². The molecular weight excluding hydrogens is 613 g/mol. The van der Waals surface area contributed by atoms with E-state index in [1.807, 2.05) is 12.1 Å². The molecule has 5 nitrogen and oxygen atoms in total. The third kappa shape index (κ3) is 4.07. The standard InChI is InChI=1S/C45H30N4O/c1-2-9-27(10-3-1)36-22-19-28-17-18-29-20-23-37(47-43(29)42(28)46-36)32-12-8-11-30(25-32)31-21-24-40-35(26-31)41-33-13-4-5-14-34(33)44-48-38-15-6-7-16-39(38)49(44)45(41)50-40/h1-7,9-10,12-26,37,47H,8,11H2. The molecule has 5 aromatic carbocycles. The van der Waals surface area contributed by atoms with Crippen LogP contribution in [0.1, 0.15) is 24.0 Å². The highest BCUT2D eigenvalue weighted by molar-refractivity contribution is 6.22. The average molecular weight is 643 g/mol. The van der Waals surface area contributed by atoms with Crippen LogP contribution in [0.3, 0.4) is 0 Å². The van der Waals surface area contributed by atoms with Crippen LogP contribution in [0.2, 0.25) is 0 Å². The Kier molecular flexibility index (Phi) is 5.78. The van der Waals surface area contributed by atoms with Crippen molar-refractivity contribution in [2.45, 2.75) is 18.9 Å². The van der Waals surface area contributed by atoms with Crippen molar-refractivity contribution in [1.29, 1.82) is 0 Å². The number of para-hydroxylation sites is 2. The van der Waals surface area contributed by atoms with Gasteiger partial charge in [-0.1, -0.05) is 115 Å². The van der Waals surface area contributed by atoms with E-state index in [0.29, 0.717) is 0 Å². The van der Waals surface area contributed by atoms with Gasteiger partial charge in [0.15, 0.2) is 0 Å². The van der Waals surface area contributed by atoms with Gasteiger partial charge >= 0.3 is 0 Å². The Labute approximate surface area is 287 Å². The number of allylic oxidation sites excluding steroid dienone is 2. The molecule has 5 heteroatoms. The Morgan fingerprint density at radius 1 is 0.740 bits per heavy atom. The van der Waals surface area contributed by atoms with Crippen LogP contribution in [0.4, 0.5) is 5.69 Å². The fourth-order valence-electron chi connectivity index (χ4n) is 8.04. The van der Waals surface area contributed by atoms with Crippen molar-refractivity contribution in [1.82, 2.24) is 14.4 Å². The zero-order valence-electron chi connectivity index (χ0n) is 27.1. The highest BCUT2D eigenvalue weighted by Gasteiger charge is 2.23. The number of anilines is 1. The predicted octanol–water partition coefficient (Wildman–Crippen LogP) is 11.4. The molecule has 236 valence electrons. The van der Waals surface area contributed by atoms with Gasteiger partial charge in [0.25, 0.3) is 0 Å². The third-order valence-electron chi connectivity index (χ3n) is 10.5. The molecule has 0 saturated carbocycles. The van der Waals surface area contributed by atoms with Crippen molar-refractivity contribution >= 4 is 77.8 Å². The van der Waals surface area contributed by atoms with Crippen LogP contribution in [0.5, 0.6) is 0 Å². The lowest BCUT2D eigenvalue weighted by Gasteiger charge is -2.27. The van der Waals surface area contributed by atoms with Crippen molar-refractivity contribution < 1.29 is 4.42 Å². The molecule has 11 rings (SSSR count). The number of rotatable bonds is 3. The molecule has 0 amide bonds. The number of nitrogens with one attached hydrogen (secondary N) is 1. The number of nitrogens with zero attached hydrogens (tertiary/aromatic N) is 3. The van der Waals surface area contributed by atoms with E-state index < -0.39 is 0 Å². The molecule has 9 aromatic rings. The molecule has 5 heterocycles. The van der Waals surface area contributed by atoms with Crippen molar-refractivity contribution in [3.05, 3.63) is 156 Å². The maximum absolute atomic E-state index is 6.67. The SMILES string of the molecule is C1=CC(C2=CCCC(c3ccc4oc5c(c4c3)c3ccccc3c3nc4ccccc4n35)=C2)Nc2c1ccc1ccc(-c3ccccc3)nc21. The largest absolute Gasteiger partial charge is 0.439 e. The molecule has 0 bridgehead atoms. The zero-order valence-corrected chi connectivity index (χ0v) is 27.1. The summed E-state index contributed by atoms with van der Waals surface area (Å²) in [6.45, 7) is 0. The summed E-state index contributed by atoms with van der Waals surface area (Å²) in [6, 6.07) is 42.6. The van der Waals surface area contributed by atoms with Crippen LogP contribution in [0.15, 0.2) is 150 Å². The first-order chi connectivity index (χ1) is 24.8. The molecule has 4 aromatic heterocycles. The van der Waals surface area contributed by atoms with Gasteiger partial charge in [-0.25, -0.2) is 9.97 Å². The van der Waals surface area contributed by atoms with E-state index in [1.165, 1.54) is 16.7 Å². The third-order valence-corrected chi connectivity index (χ3v) is 10.5. The summed E-state index contributed by atoms with van der Waals surface area (Å²) in [6.07, 6.45) is 11.3. The Hall–Kier alpha value is -6.46. The molecule has 1 atom stereocenters. The lowest BCUT2D eigenvalue weighted by Crippen LogP contribution is -2.23. The Balaban J connectivity index is 1.01. The fourth-order valence-corrected chi connectivity index (χ4v) is 8.04. The van der Waals surface area contributed by atoms with Gasteiger partial charge in [0.2, 0.25) is 5.71 Å². The number of pyridine rings is 2. The van der Waals surface area contributed by atoms with Gasteiger partial charge < -0.3 is 9.73 Å². The number of fused-ring (bicyclic) bond motifs is 13. The van der Waals surface area contributed by atoms with E-state index in [9.17, 15) is 0 Å². The van der Waals surface area contributed by atoms with Crippen molar-refractivity contribution in [2.75, 3.05) is 5.32 Å². The summed E-state index contributed by atoms with van der Waals surface area (Å²) in [5.41, 5.74) is 13.9. The first-order valence-corrected chi connectivity index (χ1v) is 17.3. The molecule has 2 aliphatic rings. The normalized spacial score (nSPS) is 16.0. The van der Waals surface area contributed by atoms with Crippen molar-refractivity contribution in [2.24, 2.45) is 0 Å². The van der Waals surface area contributed by atoms with E-state index in [4.69, 9.17) is 14.4 Å². The molecule has 1 unspecified atom stereocenters. The van der Waals surface area contributed by atoms with Crippen LogP contribution in [0.25, 0.3) is 83.3 Å². The molecule has 0 fully saturated rings. The van der Waals surface area contributed by atoms with Crippen LogP contribution in [0, 0.1) is 0 Å². The smallest absolute Gasteiger partial charge is 0.215 e. The second-order valence-electron chi connectivity index (χ2n) is 13.4. The predicted molar refractivity (Wildman–Crippen MR) is 206 cm³/mol. The van der Waals surface area contributed by atoms with E-state index in [2.05, 4.69) is 143 Å². The average Bonchev–Trinajstić information content (AvgIpc) is 3.77. The number of furan rings is 1. The topological polar surface area (TPSA) is 55.4 Å². The quantitative estimate of drug-likeness (QED) is 0.208. The highest BCUT2D eigenvalue weighted by atomic mass is 16.3. The summed E-state index contributed by atoms with van der Waals surface area (Å²) in [5.74, 6) is 0. The van der Waals surface area contributed by atoms with Gasteiger partial charge in [-0.05, 0) is 70.8 Å². The Bertz CT molecular complexity index is 2960. The number of imidazole rings is 1. The minimum Gasteiger partial charge on any atom is -0.439 e. The van der Waals surface area contributed by atoms with Gasteiger partial charge in [-0.15, -0.1) is 0 Å². The zero-order chi connectivity index (χ0) is 32.8. The molecule has 1 N–H and O–H groups in total. The van der Waals surface area contributed by atoms with E-state index in [1.54, 1.807) is 0 Å². The van der Waals surface area contributed by atoms with Gasteiger partial charge in [-0.2, -0.15) is 0 Å². The monoisotopic (exact) mass is 642 g/mol. The van der Waals surface area contributed by atoms with Crippen LogP contribution in [-0.2, 0) is 0 Å². The number of hydrogen-bond donors (Lipinski definition) is 1. The first kappa shape index (κ1) is 27.5. The fraction of sp³-hybridized carbons (Fsp3) is 0.0667. The lowest BCUT2D eigenvalue weighted by molar-refractivity contribution is 0.650. The number of hydrogen-bond acceptors (Lipinski definition) is 4. The van der Waals surface area contributed by atoms with Crippen molar-refractivity contribution in [3.8, 4) is 11.3 Å². The van der Waals surface area contributed by atoms with E-state index in [-0.39, 0.29) is 6.04 Å². The molecule has 0 saturated heterocycles. The highest BCUT2D eigenvalue weighted by Crippen LogP contribution is 2.41. The second-order valence-corrected chi connectivity index (χ2v) is 13.4. The summed E-state index contributed by atoms with van der Waals surface area (Å²) >= 11 is 0. The molecule has 1 aliphatic carbocycles. The van der Waals surface area contributed by atoms with Gasteiger partial charge in [0.1, 0.15) is 11.2 Å². The lowest BCUT2D eigenvalue weighted by atomic mass is 9.88. The molecular formula is C45H30N4O. The molecule has 0 radical (unpaired) electrons. The van der Waals surface area contributed by atoms with Gasteiger partial charge in [-0.3, -0.25) is 4.40 Å². The van der Waals surface area contributed by atoms with Crippen LogP contribution < -0.4 is 5.32 Å². The second kappa shape index (κ2) is 10.5. The minimum absolute atomic E-state index is 0.0517. The van der Waals surface area contributed by atoms with Crippen molar-refractivity contribution in [3.63, 3.8) is 0 Å². The summed E-state index contributed by atoms with van der Waals surface area (Å²) in [5, 5.41) is 9.54. The molecule has 1 aliphatic heterocycles. The first-order valence-electron chi connectivity index (χ1n) is 17.3. The Morgan fingerprint density at radius 2 is 1.58 bits per heavy atom. The molecule has 50 heavy (non-hydrogen) atoms. The Morgan fingerprint density at radius 3 is 2.52 bits per heavy atom. The summed E-state index contributed by atoms with van der Waals surface area (Å²) in [7, 11) is 0. The maximum Gasteiger partial charge on any atom is 0.215 e. The maximum atomic E-state index is 6.67. The molecule has 0 spiro atoms. The van der Waals surface area contributed by atoms with E-state index in [0.717, 1.165) is 95.8 Å². The van der Waals surface area contributed by atoms with Crippen LogP contribution >= 0.6 is 0 Å². The number of benzene rings is 5. The van der Waals surface area contributed by atoms with Gasteiger partial charge in [0, 0.05) is 21.7 Å². The summed E-state index contributed by atoms with van der Waals surface area (Å²) in [4.78, 5) is 10.2.